The Kier molecular flexibility index (Phi) is 9.02. The first kappa shape index (κ1) is 24.5. The smallest absolute Gasteiger partial charge is 0.293 e. The van der Waals surface area contributed by atoms with Gasteiger partial charge in [-0.3, -0.25) is 14.1 Å². The van der Waals surface area contributed by atoms with Crippen molar-refractivity contribution in [2.45, 2.75) is 19.4 Å². The topological polar surface area (TPSA) is 104 Å². The van der Waals surface area contributed by atoms with Gasteiger partial charge in [0.2, 0.25) is 11.8 Å². The summed E-state index contributed by atoms with van der Waals surface area (Å²) in [6.07, 6.45) is 2.37. The maximum Gasteiger partial charge on any atom is 0.293 e. The van der Waals surface area contributed by atoms with Crippen molar-refractivity contribution in [2.75, 3.05) is 44.9 Å². The Hall–Kier alpha value is -3.18. The molecule has 33 heavy (non-hydrogen) atoms. The second-order valence-corrected chi connectivity index (χ2v) is 8.11. The van der Waals surface area contributed by atoms with Crippen molar-refractivity contribution in [1.29, 1.82) is 0 Å². The molecule has 0 aliphatic heterocycles. The molecule has 0 aliphatic carbocycles. The SMILES string of the molecule is COc1cccc(OC)c1-n1c(NSCCN(C)[C@H](C)CCOC=O)nnc1-c1ccco1. The van der Waals surface area contributed by atoms with Gasteiger partial charge in [0.1, 0.15) is 17.2 Å². The summed E-state index contributed by atoms with van der Waals surface area (Å²) >= 11 is 1.51. The number of methoxy groups -OCH3 is 2. The molecule has 0 saturated heterocycles. The number of rotatable bonds is 14. The van der Waals surface area contributed by atoms with Crippen LogP contribution < -0.4 is 14.2 Å². The van der Waals surface area contributed by atoms with E-state index >= 15 is 0 Å². The van der Waals surface area contributed by atoms with Crippen LogP contribution in [-0.4, -0.2) is 72.4 Å². The first-order valence-electron chi connectivity index (χ1n) is 10.4. The molecule has 0 saturated carbocycles. The zero-order valence-electron chi connectivity index (χ0n) is 19.2. The van der Waals surface area contributed by atoms with E-state index in [9.17, 15) is 4.79 Å². The van der Waals surface area contributed by atoms with E-state index in [1.54, 1.807) is 26.5 Å². The Morgan fingerprint density at radius 1 is 1.21 bits per heavy atom. The lowest BCUT2D eigenvalue weighted by molar-refractivity contribution is -0.129. The highest BCUT2D eigenvalue weighted by molar-refractivity contribution is 8.00. The van der Waals surface area contributed by atoms with E-state index in [0.29, 0.717) is 47.8 Å². The molecule has 3 aromatic rings. The van der Waals surface area contributed by atoms with Gasteiger partial charge < -0.3 is 23.5 Å². The summed E-state index contributed by atoms with van der Waals surface area (Å²) in [6, 6.07) is 9.47. The third-order valence-electron chi connectivity index (χ3n) is 5.21. The molecule has 2 heterocycles. The molecule has 0 bridgehead atoms. The van der Waals surface area contributed by atoms with E-state index < -0.39 is 0 Å². The normalized spacial score (nSPS) is 11.9. The second-order valence-electron chi connectivity index (χ2n) is 7.21. The fourth-order valence-corrected chi connectivity index (χ4v) is 3.95. The van der Waals surface area contributed by atoms with Crippen molar-refractivity contribution in [3.8, 4) is 28.8 Å². The van der Waals surface area contributed by atoms with Crippen LogP contribution in [-0.2, 0) is 9.53 Å². The number of nitrogens with one attached hydrogen (secondary N) is 1. The van der Waals surface area contributed by atoms with Gasteiger partial charge in [0.25, 0.3) is 6.47 Å². The summed E-state index contributed by atoms with van der Waals surface area (Å²) in [5, 5.41) is 8.70. The van der Waals surface area contributed by atoms with Crippen LogP contribution in [0.2, 0.25) is 0 Å². The van der Waals surface area contributed by atoms with Crippen molar-refractivity contribution in [3.63, 3.8) is 0 Å². The Morgan fingerprint density at radius 3 is 2.61 bits per heavy atom. The van der Waals surface area contributed by atoms with Crippen molar-refractivity contribution in [3.05, 3.63) is 36.6 Å². The van der Waals surface area contributed by atoms with Crippen molar-refractivity contribution < 1.29 is 23.4 Å². The van der Waals surface area contributed by atoms with Gasteiger partial charge in [0.05, 0.1) is 27.1 Å². The minimum Gasteiger partial charge on any atom is -0.494 e. The third-order valence-corrected chi connectivity index (χ3v) is 5.93. The predicted octanol–water partition coefficient (Wildman–Crippen LogP) is 3.49. The summed E-state index contributed by atoms with van der Waals surface area (Å²) in [6.45, 7) is 3.83. The molecule has 1 aromatic carbocycles. The van der Waals surface area contributed by atoms with Crippen LogP contribution in [0.3, 0.4) is 0 Å². The zero-order valence-corrected chi connectivity index (χ0v) is 20.0. The summed E-state index contributed by atoms with van der Waals surface area (Å²) in [4.78, 5) is 12.5. The quantitative estimate of drug-likeness (QED) is 0.212. The van der Waals surface area contributed by atoms with E-state index in [1.165, 1.54) is 11.9 Å². The largest absolute Gasteiger partial charge is 0.494 e. The van der Waals surface area contributed by atoms with Gasteiger partial charge in [0, 0.05) is 18.3 Å². The van der Waals surface area contributed by atoms with Gasteiger partial charge >= 0.3 is 0 Å². The summed E-state index contributed by atoms with van der Waals surface area (Å²) in [5.41, 5.74) is 0.669. The molecule has 0 radical (unpaired) electrons. The second kappa shape index (κ2) is 12.2. The highest BCUT2D eigenvalue weighted by Crippen LogP contribution is 2.37. The van der Waals surface area contributed by atoms with Gasteiger partial charge in [-0.1, -0.05) is 6.07 Å². The number of anilines is 1. The number of benzene rings is 1. The maximum atomic E-state index is 10.3. The van der Waals surface area contributed by atoms with Crippen LogP contribution in [0.1, 0.15) is 13.3 Å². The van der Waals surface area contributed by atoms with Crippen molar-refractivity contribution >= 4 is 24.4 Å². The highest BCUT2D eigenvalue weighted by Gasteiger charge is 2.23. The van der Waals surface area contributed by atoms with E-state index in [0.717, 1.165) is 18.7 Å². The van der Waals surface area contributed by atoms with Crippen LogP contribution in [0.5, 0.6) is 11.5 Å². The number of carbonyl (C=O) groups is 1. The monoisotopic (exact) mass is 475 g/mol. The molecule has 178 valence electrons. The van der Waals surface area contributed by atoms with Crippen LogP contribution in [0.25, 0.3) is 17.3 Å². The molecule has 10 nitrogen and oxygen atoms in total. The average molecular weight is 476 g/mol. The van der Waals surface area contributed by atoms with Gasteiger partial charge in [-0.15, -0.1) is 10.2 Å². The molecule has 0 aliphatic rings. The van der Waals surface area contributed by atoms with E-state index in [-0.39, 0.29) is 6.04 Å². The van der Waals surface area contributed by atoms with Crippen LogP contribution in [0.15, 0.2) is 41.0 Å². The molecule has 0 unspecified atom stereocenters. The van der Waals surface area contributed by atoms with Crippen LogP contribution >= 0.6 is 11.9 Å². The molecule has 1 N–H and O–H groups in total. The predicted molar refractivity (Wildman–Crippen MR) is 127 cm³/mol. The number of carbonyl (C=O) groups excluding carboxylic acids is 1. The Bertz CT molecular complexity index is 989. The maximum absolute atomic E-state index is 10.3. The van der Waals surface area contributed by atoms with E-state index in [2.05, 4.69) is 26.7 Å². The lowest BCUT2D eigenvalue weighted by Crippen LogP contribution is -2.32. The summed E-state index contributed by atoms with van der Waals surface area (Å²) in [7, 11) is 5.26. The van der Waals surface area contributed by atoms with Gasteiger partial charge in [-0.05, 0) is 56.6 Å². The molecule has 3 rings (SSSR count). The van der Waals surface area contributed by atoms with E-state index in [4.69, 9.17) is 18.6 Å². The molecule has 0 fully saturated rings. The first-order chi connectivity index (χ1) is 16.1. The summed E-state index contributed by atoms with van der Waals surface area (Å²) < 4.78 is 26.7. The van der Waals surface area contributed by atoms with E-state index in [1.807, 2.05) is 35.9 Å². The standard InChI is InChI=1S/C22H29N5O5S/c1-16(10-13-31-15-28)26(2)11-14-33-25-22-24-23-21(19-9-6-12-32-19)27(22)20-17(29-3)7-5-8-18(20)30-4/h5-9,12,15-16H,10-11,13-14H2,1-4H3,(H,24,25)/t16-/m1/s1. The summed E-state index contributed by atoms with van der Waals surface area (Å²) in [5.74, 6) is 3.62. The molecular weight excluding hydrogens is 446 g/mol. The molecule has 0 spiro atoms. The molecular formula is C22H29N5O5S. The average Bonchev–Trinajstić information content (AvgIpc) is 3.51. The molecule has 2 aromatic heterocycles. The molecule has 11 heteroatoms. The lowest BCUT2D eigenvalue weighted by atomic mass is 10.2. The Morgan fingerprint density at radius 2 is 1.97 bits per heavy atom. The van der Waals surface area contributed by atoms with Gasteiger partial charge in [0.15, 0.2) is 5.76 Å². The number of hydrogen-bond donors (Lipinski definition) is 1. The number of ether oxygens (including phenoxy) is 3. The fourth-order valence-electron chi connectivity index (χ4n) is 3.21. The minimum absolute atomic E-state index is 0.289. The van der Waals surface area contributed by atoms with Crippen molar-refractivity contribution in [1.82, 2.24) is 19.7 Å². The lowest BCUT2D eigenvalue weighted by Gasteiger charge is -2.24. The molecule has 1 atom stereocenters. The Balaban J connectivity index is 1.77. The Labute approximate surface area is 197 Å². The number of furan rings is 1. The third kappa shape index (κ3) is 5.99. The number of para-hydroxylation sites is 1. The minimum atomic E-state index is 0.289. The number of hydrogen-bond acceptors (Lipinski definition) is 10. The van der Waals surface area contributed by atoms with Crippen LogP contribution in [0, 0.1) is 0 Å². The van der Waals surface area contributed by atoms with Gasteiger partial charge in [-0.2, -0.15) is 0 Å². The molecule has 0 amide bonds. The zero-order chi connectivity index (χ0) is 23.6. The number of nitrogens with zero attached hydrogens (tertiary/aromatic N) is 4. The fraction of sp³-hybridized carbons (Fsp3) is 0.409. The van der Waals surface area contributed by atoms with Gasteiger partial charge in [-0.25, -0.2) is 0 Å². The van der Waals surface area contributed by atoms with Crippen molar-refractivity contribution in [2.24, 2.45) is 0 Å². The highest BCUT2D eigenvalue weighted by atomic mass is 32.2. The first-order valence-corrected chi connectivity index (χ1v) is 11.4. The van der Waals surface area contributed by atoms with Crippen LogP contribution in [0.4, 0.5) is 5.95 Å². The number of aromatic nitrogens is 3.